The highest BCUT2D eigenvalue weighted by molar-refractivity contribution is 5.25. The van der Waals surface area contributed by atoms with Gasteiger partial charge >= 0.3 is 0 Å². The molecular weight excluding hydrogens is 396 g/mol. The van der Waals surface area contributed by atoms with E-state index in [-0.39, 0.29) is 6.10 Å². The summed E-state index contributed by atoms with van der Waals surface area (Å²) in [5.41, 5.74) is 3.85. The summed E-state index contributed by atoms with van der Waals surface area (Å²) in [7, 11) is 0. The van der Waals surface area contributed by atoms with Crippen molar-refractivity contribution < 1.29 is 15.3 Å². The molecule has 8 atom stereocenters. The van der Waals surface area contributed by atoms with Crippen LogP contribution in [0.4, 0.5) is 0 Å². The van der Waals surface area contributed by atoms with Crippen LogP contribution in [-0.4, -0.2) is 23.1 Å². The molecule has 2 unspecified atom stereocenters. The first kappa shape index (κ1) is 24.5. The van der Waals surface area contributed by atoms with E-state index in [1.54, 1.807) is 5.57 Å². The Morgan fingerprint density at radius 3 is 2.62 bits per heavy atom. The lowest BCUT2D eigenvalue weighted by Gasteiger charge is -2.58. The summed E-state index contributed by atoms with van der Waals surface area (Å²) in [5.74, 6) is 4.64. The van der Waals surface area contributed by atoms with Crippen molar-refractivity contribution in [3.05, 3.63) is 23.3 Å². The van der Waals surface area contributed by atoms with E-state index in [4.69, 9.17) is 5.26 Å². The molecule has 0 saturated heterocycles. The fourth-order valence-electron chi connectivity index (χ4n) is 8.98. The second-order valence-corrected chi connectivity index (χ2v) is 12.6. The second kappa shape index (κ2) is 9.55. The van der Waals surface area contributed by atoms with Crippen LogP contribution in [0.2, 0.25) is 0 Å². The molecule has 4 aliphatic rings. The van der Waals surface area contributed by atoms with E-state index in [1.807, 2.05) is 0 Å². The van der Waals surface area contributed by atoms with Crippen molar-refractivity contribution in [1.82, 2.24) is 0 Å². The molecule has 0 aliphatic heterocycles. The van der Waals surface area contributed by atoms with E-state index in [0.717, 1.165) is 48.9 Å². The maximum atomic E-state index is 10.3. The summed E-state index contributed by atoms with van der Waals surface area (Å²) in [6.45, 7) is 12.5. The van der Waals surface area contributed by atoms with E-state index in [0.29, 0.717) is 23.4 Å². The van der Waals surface area contributed by atoms with Gasteiger partial charge < -0.3 is 5.11 Å². The van der Waals surface area contributed by atoms with Gasteiger partial charge in [0, 0.05) is 0 Å². The highest BCUT2D eigenvalue weighted by Crippen LogP contribution is 2.67. The van der Waals surface area contributed by atoms with Crippen LogP contribution < -0.4 is 0 Å². The summed E-state index contributed by atoms with van der Waals surface area (Å²) in [5, 5.41) is 19.0. The molecule has 0 aromatic rings. The first-order valence-electron chi connectivity index (χ1n) is 13.5. The Labute approximate surface area is 196 Å². The molecule has 2 N–H and O–H groups in total. The van der Waals surface area contributed by atoms with Crippen LogP contribution in [0.15, 0.2) is 23.3 Å². The van der Waals surface area contributed by atoms with Crippen molar-refractivity contribution in [2.75, 3.05) is 6.61 Å². The van der Waals surface area contributed by atoms with Crippen LogP contribution in [0.1, 0.15) is 98.8 Å². The number of aliphatic hydroxyl groups excluding tert-OH is 1. The molecular formula is C29H48O3. The van der Waals surface area contributed by atoms with Gasteiger partial charge in [-0.3, -0.25) is 5.26 Å². The molecule has 0 spiro atoms. The molecule has 0 heterocycles. The van der Waals surface area contributed by atoms with Gasteiger partial charge in [0.25, 0.3) is 0 Å². The Morgan fingerprint density at radius 1 is 1.12 bits per heavy atom. The smallest absolute Gasteiger partial charge is 0.100 e. The van der Waals surface area contributed by atoms with Crippen molar-refractivity contribution in [3.63, 3.8) is 0 Å². The zero-order chi connectivity index (χ0) is 23.1. The lowest BCUT2D eigenvalue weighted by atomic mass is 9.47. The van der Waals surface area contributed by atoms with E-state index < -0.39 is 0 Å². The molecule has 3 nitrogen and oxygen atoms in total. The zero-order valence-electron chi connectivity index (χ0n) is 21.3. The fourth-order valence-corrected chi connectivity index (χ4v) is 8.98. The van der Waals surface area contributed by atoms with Crippen LogP contribution in [0, 0.1) is 46.3 Å². The van der Waals surface area contributed by atoms with Gasteiger partial charge in [-0.2, -0.15) is 0 Å². The average Bonchev–Trinajstić information content (AvgIpc) is 3.11. The molecule has 32 heavy (non-hydrogen) atoms. The maximum absolute atomic E-state index is 10.3. The monoisotopic (exact) mass is 444 g/mol. The highest BCUT2D eigenvalue weighted by Gasteiger charge is 2.59. The standard InChI is InChI=1S/C29H48O3/c1-19(2)21(14-17-32-31)7-6-20(3)25-10-11-26-24-9-8-22-18-23(30)12-15-28(22,4)27(24)13-16-29(25,26)5/h8,14,19-20,23-27,30-31H,6-7,9-13,15-18H2,1-5H3/b21-14+/t20-,23+,24+,25-,26?,27?,28+,29-/m1/s1. The third kappa shape index (κ3) is 4.27. The maximum Gasteiger partial charge on any atom is 0.100 e. The second-order valence-electron chi connectivity index (χ2n) is 12.6. The Balaban J connectivity index is 1.46. The van der Waals surface area contributed by atoms with Crippen molar-refractivity contribution in [1.29, 1.82) is 0 Å². The van der Waals surface area contributed by atoms with Crippen molar-refractivity contribution >= 4 is 0 Å². The van der Waals surface area contributed by atoms with Crippen molar-refractivity contribution in [3.8, 4) is 0 Å². The summed E-state index contributed by atoms with van der Waals surface area (Å²) in [6.07, 6.45) is 16.9. The molecule has 3 saturated carbocycles. The predicted molar refractivity (Wildman–Crippen MR) is 131 cm³/mol. The van der Waals surface area contributed by atoms with Crippen molar-refractivity contribution in [2.45, 2.75) is 105 Å². The van der Waals surface area contributed by atoms with Crippen molar-refractivity contribution in [2.24, 2.45) is 46.3 Å². The predicted octanol–water partition coefficient (Wildman–Crippen LogP) is 7.41. The van der Waals surface area contributed by atoms with Gasteiger partial charge in [-0.15, -0.1) is 0 Å². The van der Waals surface area contributed by atoms with Crippen LogP contribution in [0.5, 0.6) is 0 Å². The molecule has 0 aromatic heterocycles. The quantitative estimate of drug-likeness (QED) is 0.244. The summed E-state index contributed by atoms with van der Waals surface area (Å²) >= 11 is 0. The highest BCUT2D eigenvalue weighted by atomic mass is 17.1. The number of hydrogen-bond acceptors (Lipinski definition) is 3. The summed E-state index contributed by atoms with van der Waals surface area (Å²) in [6, 6.07) is 0. The van der Waals surface area contributed by atoms with Gasteiger partial charge in [0.1, 0.15) is 6.61 Å². The molecule has 0 bridgehead atoms. The lowest BCUT2D eigenvalue weighted by Crippen LogP contribution is -2.50. The summed E-state index contributed by atoms with van der Waals surface area (Å²) < 4.78 is 0. The van der Waals surface area contributed by atoms with Gasteiger partial charge in [-0.05, 0) is 111 Å². The van der Waals surface area contributed by atoms with E-state index in [9.17, 15) is 5.11 Å². The molecule has 4 aliphatic carbocycles. The van der Waals surface area contributed by atoms with E-state index in [1.165, 1.54) is 50.5 Å². The SMILES string of the molecule is CC(C)/C(=C/COO)CC[C@@H](C)[C@H]1CCC2[C@@H]3CC=C4C[C@@H](O)CC[C@]4(C)C3CC[C@@]21C. The number of fused-ring (bicyclic) bond motifs is 5. The number of aliphatic hydroxyl groups is 1. The largest absolute Gasteiger partial charge is 0.393 e. The molecule has 3 heteroatoms. The molecule has 4 rings (SSSR count). The van der Waals surface area contributed by atoms with Gasteiger partial charge in [-0.25, -0.2) is 4.89 Å². The number of rotatable bonds is 7. The van der Waals surface area contributed by atoms with Crippen LogP contribution in [0.25, 0.3) is 0 Å². The minimum atomic E-state index is -0.106. The lowest BCUT2D eigenvalue weighted by molar-refractivity contribution is -0.232. The third-order valence-corrected chi connectivity index (χ3v) is 10.9. The van der Waals surface area contributed by atoms with Gasteiger partial charge in [0.05, 0.1) is 6.10 Å². The normalized spacial score (nSPS) is 42.8. The first-order valence-corrected chi connectivity index (χ1v) is 13.5. The van der Waals surface area contributed by atoms with Crippen LogP contribution >= 0.6 is 0 Å². The average molecular weight is 445 g/mol. The number of hydrogen-bond donors (Lipinski definition) is 2. The van der Waals surface area contributed by atoms with Crippen LogP contribution in [0.3, 0.4) is 0 Å². The molecule has 3 fully saturated rings. The van der Waals surface area contributed by atoms with Gasteiger partial charge in [0.15, 0.2) is 0 Å². The topological polar surface area (TPSA) is 49.7 Å². The van der Waals surface area contributed by atoms with Crippen LogP contribution in [-0.2, 0) is 4.89 Å². The number of allylic oxidation sites excluding steroid dienone is 2. The van der Waals surface area contributed by atoms with E-state index in [2.05, 4.69) is 51.7 Å². The van der Waals surface area contributed by atoms with Gasteiger partial charge in [-0.1, -0.05) is 57.9 Å². The Kier molecular flexibility index (Phi) is 7.30. The molecule has 0 amide bonds. The van der Waals surface area contributed by atoms with Gasteiger partial charge in [0.2, 0.25) is 0 Å². The molecule has 182 valence electrons. The molecule has 0 aromatic carbocycles. The Bertz CT molecular complexity index is 724. The minimum absolute atomic E-state index is 0.106. The van der Waals surface area contributed by atoms with E-state index >= 15 is 0 Å². The fraction of sp³-hybridized carbons (Fsp3) is 0.862. The zero-order valence-corrected chi connectivity index (χ0v) is 21.3. The third-order valence-electron chi connectivity index (χ3n) is 10.9. The Hall–Kier alpha value is -0.640. The molecule has 0 radical (unpaired) electrons. The minimum Gasteiger partial charge on any atom is -0.393 e. The first-order chi connectivity index (χ1) is 15.2. The Morgan fingerprint density at radius 2 is 1.91 bits per heavy atom. The summed E-state index contributed by atoms with van der Waals surface area (Å²) in [4.78, 5) is 4.32.